The van der Waals surface area contributed by atoms with E-state index in [9.17, 15) is 9.59 Å². The normalized spacial score (nSPS) is 26.9. The van der Waals surface area contributed by atoms with Gasteiger partial charge < -0.3 is 19.8 Å². The van der Waals surface area contributed by atoms with Gasteiger partial charge >= 0.3 is 5.97 Å². The molecule has 2 rings (SSSR count). The minimum absolute atomic E-state index is 0.0147. The molecule has 1 saturated heterocycles. The monoisotopic (exact) mass is 297 g/mol. The molecule has 0 aromatic carbocycles. The van der Waals surface area contributed by atoms with Crippen molar-refractivity contribution in [3.8, 4) is 0 Å². The number of carbonyl (C=O) groups excluding carboxylic acids is 1. The van der Waals surface area contributed by atoms with Gasteiger partial charge in [-0.25, -0.2) is 0 Å². The molecule has 0 bridgehead atoms. The molecule has 1 amide bonds. The quantitative estimate of drug-likeness (QED) is 0.758. The predicted octanol–water partition coefficient (Wildman–Crippen LogP) is 0.192. The molecule has 0 aromatic heterocycles. The lowest BCUT2D eigenvalue weighted by atomic mass is 10.0. The zero-order valence-electron chi connectivity index (χ0n) is 13.3. The van der Waals surface area contributed by atoms with E-state index in [4.69, 9.17) is 5.11 Å². The number of piperidine rings is 1. The smallest absolute Gasteiger partial charge is 0.307 e. The fourth-order valence-electron chi connectivity index (χ4n) is 3.06. The van der Waals surface area contributed by atoms with Gasteiger partial charge in [0.05, 0.1) is 11.8 Å². The molecule has 2 aliphatic rings. The average molecular weight is 297 g/mol. The molecule has 2 fully saturated rings. The van der Waals surface area contributed by atoms with E-state index >= 15 is 0 Å². The second-order valence-corrected chi connectivity index (χ2v) is 6.56. The molecule has 1 aliphatic carbocycles. The maximum absolute atomic E-state index is 12.1. The van der Waals surface area contributed by atoms with Crippen molar-refractivity contribution in [1.82, 2.24) is 14.7 Å². The highest BCUT2D eigenvalue weighted by Crippen LogP contribution is 2.39. The maximum atomic E-state index is 12.1. The summed E-state index contributed by atoms with van der Waals surface area (Å²) in [6.07, 6.45) is 2.85. The molecular weight excluding hydrogens is 270 g/mol. The van der Waals surface area contributed by atoms with Crippen LogP contribution in [0.3, 0.4) is 0 Å². The van der Waals surface area contributed by atoms with E-state index in [0.717, 1.165) is 19.6 Å². The molecule has 1 saturated carbocycles. The summed E-state index contributed by atoms with van der Waals surface area (Å²) in [5.41, 5.74) is 0. The van der Waals surface area contributed by atoms with Crippen LogP contribution < -0.4 is 0 Å². The minimum atomic E-state index is -0.842. The van der Waals surface area contributed by atoms with Crippen molar-refractivity contribution in [2.24, 2.45) is 11.8 Å². The predicted molar refractivity (Wildman–Crippen MR) is 80.0 cm³/mol. The number of rotatable bonds is 6. The number of carboxylic acids is 1. The largest absolute Gasteiger partial charge is 0.481 e. The van der Waals surface area contributed by atoms with Crippen LogP contribution in [0.2, 0.25) is 0 Å². The number of aliphatic carboxylic acids is 1. The van der Waals surface area contributed by atoms with Crippen molar-refractivity contribution in [1.29, 1.82) is 0 Å². The van der Waals surface area contributed by atoms with E-state index in [1.807, 2.05) is 0 Å². The van der Waals surface area contributed by atoms with Gasteiger partial charge in [0.2, 0.25) is 5.91 Å². The van der Waals surface area contributed by atoms with Crippen LogP contribution in [0.4, 0.5) is 0 Å². The van der Waals surface area contributed by atoms with Gasteiger partial charge in [-0.3, -0.25) is 9.59 Å². The lowest BCUT2D eigenvalue weighted by molar-refractivity contribution is -0.141. The van der Waals surface area contributed by atoms with Crippen LogP contribution in [0.25, 0.3) is 0 Å². The fourth-order valence-corrected chi connectivity index (χ4v) is 3.06. The molecule has 1 N–H and O–H groups in total. The molecule has 0 aromatic rings. The standard InChI is InChI=1S/C15H27N3O3/c1-16-6-4-11(5-7-16)17(2)8-9-18(3)14(19)12-10-13(12)15(20)21/h11-13H,4-10H2,1-3H3,(H,20,21). The molecule has 6 heteroatoms. The van der Waals surface area contributed by atoms with E-state index in [-0.39, 0.29) is 11.8 Å². The summed E-state index contributed by atoms with van der Waals surface area (Å²) in [5.74, 6) is -1.60. The van der Waals surface area contributed by atoms with E-state index in [1.54, 1.807) is 11.9 Å². The number of likely N-dealkylation sites (tertiary alicyclic amines) is 1. The van der Waals surface area contributed by atoms with Crippen molar-refractivity contribution in [3.63, 3.8) is 0 Å². The summed E-state index contributed by atoms with van der Waals surface area (Å²) in [4.78, 5) is 29.3. The van der Waals surface area contributed by atoms with Crippen LogP contribution in [0, 0.1) is 11.8 Å². The van der Waals surface area contributed by atoms with Crippen molar-refractivity contribution < 1.29 is 14.7 Å². The number of carbonyl (C=O) groups is 2. The Balaban J connectivity index is 1.70. The molecule has 1 aliphatic heterocycles. The van der Waals surface area contributed by atoms with Crippen LogP contribution in [-0.4, -0.2) is 85.0 Å². The lowest BCUT2D eigenvalue weighted by Gasteiger charge is -2.35. The highest BCUT2D eigenvalue weighted by Gasteiger charge is 2.49. The van der Waals surface area contributed by atoms with Crippen molar-refractivity contribution in [2.45, 2.75) is 25.3 Å². The zero-order chi connectivity index (χ0) is 15.6. The summed E-state index contributed by atoms with van der Waals surface area (Å²) in [6.45, 7) is 3.78. The lowest BCUT2D eigenvalue weighted by Crippen LogP contribution is -2.45. The summed E-state index contributed by atoms with van der Waals surface area (Å²) in [5, 5.41) is 8.88. The first kappa shape index (κ1) is 16.2. The van der Waals surface area contributed by atoms with Gasteiger partial charge in [-0.15, -0.1) is 0 Å². The van der Waals surface area contributed by atoms with Crippen LogP contribution >= 0.6 is 0 Å². The Labute approximate surface area is 126 Å². The Morgan fingerprint density at radius 3 is 2.29 bits per heavy atom. The zero-order valence-corrected chi connectivity index (χ0v) is 13.3. The Kier molecular flexibility index (Phi) is 5.22. The number of likely N-dealkylation sites (N-methyl/N-ethyl adjacent to an activating group) is 2. The summed E-state index contributed by atoms with van der Waals surface area (Å²) < 4.78 is 0. The van der Waals surface area contributed by atoms with E-state index < -0.39 is 11.9 Å². The number of amides is 1. The van der Waals surface area contributed by atoms with Crippen LogP contribution in [0.15, 0.2) is 0 Å². The van der Waals surface area contributed by atoms with Gasteiger partial charge in [-0.2, -0.15) is 0 Å². The second kappa shape index (κ2) is 6.75. The summed E-state index contributed by atoms with van der Waals surface area (Å²) in [6, 6.07) is 0.595. The van der Waals surface area contributed by atoms with Crippen LogP contribution in [0.1, 0.15) is 19.3 Å². The maximum Gasteiger partial charge on any atom is 0.307 e. The van der Waals surface area contributed by atoms with Crippen molar-refractivity contribution in [2.75, 3.05) is 47.3 Å². The molecule has 0 radical (unpaired) electrons. The average Bonchev–Trinajstić information content (AvgIpc) is 3.25. The number of carboxylic acid groups (broad SMARTS) is 1. The Morgan fingerprint density at radius 2 is 1.76 bits per heavy atom. The molecule has 6 nitrogen and oxygen atoms in total. The van der Waals surface area contributed by atoms with Crippen LogP contribution in [-0.2, 0) is 9.59 Å². The van der Waals surface area contributed by atoms with Gasteiger partial charge in [0.25, 0.3) is 0 Å². The highest BCUT2D eigenvalue weighted by atomic mass is 16.4. The first-order valence-corrected chi connectivity index (χ1v) is 7.76. The van der Waals surface area contributed by atoms with E-state index in [0.29, 0.717) is 19.0 Å². The fraction of sp³-hybridized carbons (Fsp3) is 0.867. The van der Waals surface area contributed by atoms with Crippen molar-refractivity contribution in [3.05, 3.63) is 0 Å². The summed E-state index contributed by atoms with van der Waals surface area (Å²) >= 11 is 0. The Bertz CT molecular complexity index is 394. The highest BCUT2D eigenvalue weighted by molar-refractivity contribution is 5.89. The third-order valence-corrected chi connectivity index (χ3v) is 4.90. The Morgan fingerprint density at radius 1 is 1.14 bits per heavy atom. The van der Waals surface area contributed by atoms with Crippen LogP contribution in [0.5, 0.6) is 0 Å². The number of hydrogen-bond acceptors (Lipinski definition) is 4. The molecule has 21 heavy (non-hydrogen) atoms. The van der Waals surface area contributed by atoms with Gasteiger partial charge in [-0.1, -0.05) is 0 Å². The molecule has 2 unspecified atom stereocenters. The molecule has 1 heterocycles. The summed E-state index contributed by atoms with van der Waals surface area (Å²) in [7, 11) is 6.05. The third-order valence-electron chi connectivity index (χ3n) is 4.90. The van der Waals surface area contributed by atoms with E-state index in [2.05, 4.69) is 23.9 Å². The van der Waals surface area contributed by atoms with Gasteiger partial charge in [-0.05, 0) is 46.4 Å². The van der Waals surface area contributed by atoms with Gasteiger partial charge in [0, 0.05) is 26.2 Å². The Hall–Kier alpha value is -1.14. The molecular formula is C15H27N3O3. The van der Waals surface area contributed by atoms with Gasteiger partial charge in [0.15, 0.2) is 0 Å². The molecule has 120 valence electrons. The van der Waals surface area contributed by atoms with E-state index in [1.165, 1.54) is 12.8 Å². The first-order chi connectivity index (χ1) is 9.90. The topological polar surface area (TPSA) is 64.1 Å². The van der Waals surface area contributed by atoms with Gasteiger partial charge in [0.1, 0.15) is 0 Å². The second-order valence-electron chi connectivity index (χ2n) is 6.56. The number of hydrogen-bond donors (Lipinski definition) is 1. The SMILES string of the molecule is CN1CCC(N(C)CCN(C)C(=O)C2CC2C(=O)O)CC1. The third kappa shape index (κ3) is 4.17. The first-order valence-electron chi connectivity index (χ1n) is 7.76. The minimum Gasteiger partial charge on any atom is -0.481 e. The molecule has 0 spiro atoms. The molecule has 2 atom stereocenters. The number of nitrogens with zero attached hydrogens (tertiary/aromatic N) is 3. The van der Waals surface area contributed by atoms with Crippen molar-refractivity contribution >= 4 is 11.9 Å².